The molecule has 0 saturated carbocycles. The molecule has 1 aromatic carbocycles. The highest BCUT2D eigenvalue weighted by Crippen LogP contribution is 2.20. The number of piperidine rings is 1. The van der Waals surface area contributed by atoms with Crippen LogP contribution in [0.25, 0.3) is 0 Å². The molecule has 3 rings (SSSR count). The molecule has 6 heteroatoms. The number of aromatic nitrogens is 1. The molecule has 25 heavy (non-hydrogen) atoms. The Bertz CT molecular complexity index is 801. The number of amides is 2. The average molecular weight is 358 g/mol. The third-order valence-corrected chi connectivity index (χ3v) is 4.68. The van der Waals surface area contributed by atoms with E-state index in [0.29, 0.717) is 16.4 Å². The lowest BCUT2D eigenvalue weighted by molar-refractivity contribution is 0.0718. The molecule has 5 nitrogen and oxygen atoms in total. The predicted molar refractivity (Wildman–Crippen MR) is 98.1 cm³/mol. The van der Waals surface area contributed by atoms with E-state index < -0.39 is 0 Å². The van der Waals surface area contributed by atoms with Gasteiger partial charge in [-0.25, -0.2) is 4.98 Å². The second-order valence-electron chi connectivity index (χ2n) is 6.18. The molecule has 130 valence electrons. The lowest BCUT2D eigenvalue weighted by Crippen LogP contribution is -2.36. The summed E-state index contributed by atoms with van der Waals surface area (Å²) in [4.78, 5) is 31.0. The fourth-order valence-corrected chi connectivity index (χ4v) is 2.99. The maximum absolute atomic E-state index is 12.5. The number of hydrogen-bond donors (Lipinski definition) is 1. The van der Waals surface area contributed by atoms with Gasteiger partial charge >= 0.3 is 0 Å². The summed E-state index contributed by atoms with van der Waals surface area (Å²) in [6.45, 7) is 3.39. The second kappa shape index (κ2) is 7.66. The van der Waals surface area contributed by atoms with Gasteiger partial charge in [0, 0.05) is 23.8 Å². The molecule has 2 aromatic rings. The Morgan fingerprint density at radius 2 is 1.80 bits per heavy atom. The van der Waals surface area contributed by atoms with Crippen LogP contribution in [0.2, 0.25) is 5.02 Å². The van der Waals surface area contributed by atoms with Gasteiger partial charge in [0.25, 0.3) is 11.8 Å². The van der Waals surface area contributed by atoms with Gasteiger partial charge in [0.2, 0.25) is 0 Å². The molecule has 1 aromatic heterocycles. The Balaban J connectivity index is 1.74. The number of pyridine rings is 1. The van der Waals surface area contributed by atoms with Gasteiger partial charge in [-0.05, 0) is 56.0 Å². The highest BCUT2D eigenvalue weighted by Gasteiger charge is 2.20. The van der Waals surface area contributed by atoms with Crippen molar-refractivity contribution in [3.8, 4) is 0 Å². The summed E-state index contributed by atoms with van der Waals surface area (Å²) in [5.74, 6) is -0.485. The van der Waals surface area contributed by atoms with Gasteiger partial charge in [-0.15, -0.1) is 0 Å². The molecule has 0 spiro atoms. The highest BCUT2D eigenvalue weighted by molar-refractivity contribution is 6.31. The zero-order valence-corrected chi connectivity index (χ0v) is 14.8. The summed E-state index contributed by atoms with van der Waals surface area (Å²) in [6, 6.07) is 10.2. The summed E-state index contributed by atoms with van der Waals surface area (Å²) < 4.78 is 0. The average Bonchev–Trinajstić information content (AvgIpc) is 2.65. The molecular formula is C19H20ClN3O2. The minimum atomic E-state index is -0.367. The zero-order valence-electron chi connectivity index (χ0n) is 14.1. The van der Waals surface area contributed by atoms with Gasteiger partial charge in [0.15, 0.2) is 0 Å². The molecule has 1 aliphatic heterocycles. The number of hydrogen-bond acceptors (Lipinski definition) is 3. The summed E-state index contributed by atoms with van der Waals surface area (Å²) in [6.07, 6.45) is 3.18. The number of carbonyl (C=O) groups excluding carboxylic acids is 2. The van der Waals surface area contributed by atoms with Crippen molar-refractivity contribution in [2.24, 2.45) is 0 Å². The molecule has 0 unspecified atom stereocenters. The molecule has 1 N–H and O–H groups in total. The topological polar surface area (TPSA) is 62.3 Å². The lowest BCUT2D eigenvalue weighted by atomic mass is 10.1. The van der Waals surface area contributed by atoms with Crippen molar-refractivity contribution in [2.45, 2.75) is 26.2 Å². The second-order valence-corrected chi connectivity index (χ2v) is 6.59. The smallest absolute Gasteiger partial charge is 0.274 e. The largest absolute Gasteiger partial charge is 0.337 e. The predicted octanol–water partition coefficient (Wildman–Crippen LogP) is 3.92. The Labute approximate surface area is 152 Å². The third-order valence-electron chi connectivity index (χ3n) is 4.27. The third kappa shape index (κ3) is 4.17. The first-order chi connectivity index (χ1) is 12.0. The number of benzene rings is 1. The van der Waals surface area contributed by atoms with E-state index in [0.717, 1.165) is 37.9 Å². The molecular weight excluding hydrogens is 338 g/mol. The van der Waals surface area contributed by atoms with Crippen molar-refractivity contribution < 1.29 is 9.59 Å². The van der Waals surface area contributed by atoms with Gasteiger partial charge in [-0.1, -0.05) is 23.7 Å². The van der Waals surface area contributed by atoms with Crippen LogP contribution in [-0.2, 0) is 0 Å². The monoisotopic (exact) mass is 357 g/mol. The number of rotatable bonds is 3. The van der Waals surface area contributed by atoms with E-state index in [1.54, 1.807) is 35.2 Å². The van der Waals surface area contributed by atoms with Crippen LogP contribution in [0.1, 0.15) is 45.8 Å². The minimum Gasteiger partial charge on any atom is -0.337 e. The van der Waals surface area contributed by atoms with Gasteiger partial charge in [0.05, 0.1) is 0 Å². The summed E-state index contributed by atoms with van der Waals surface area (Å²) in [5.41, 5.74) is 2.04. The molecule has 1 saturated heterocycles. The summed E-state index contributed by atoms with van der Waals surface area (Å²) >= 11 is 6.08. The highest BCUT2D eigenvalue weighted by atomic mass is 35.5. The summed E-state index contributed by atoms with van der Waals surface area (Å²) in [7, 11) is 0. The van der Waals surface area contributed by atoms with Crippen LogP contribution >= 0.6 is 11.6 Å². The normalized spacial score (nSPS) is 14.2. The number of carbonyl (C=O) groups is 2. The number of likely N-dealkylation sites (tertiary alicyclic amines) is 1. The van der Waals surface area contributed by atoms with E-state index in [1.165, 1.54) is 0 Å². The maximum Gasteiger partial charge on any atom is 0.274 e. The molecule has 2 heterocycles. The lowest BCUT2D eigenvalue weighted by Gasteiger charge is -2.26. The quantitative estimate of drug-likeness (QED) is 0.905. The molecule has 0 atom stereocenters. The van der Waals surface area contributed by atoms with Crippen LogP contribution in [0.5, 0.6) is 0 Å². The van der Waals surface area contributed by atoms with Crippen molar-refractivity contribution >= 4 is 29.1 Å². The van der Waals surface area contributed by atoms with Crippen LogP contribution < -0.4 is 5.32 Å². The molecule has 0 bridgehead atoms. The van der Waals surface area contributed by atoms with Crippen molar-refractivity contribution in [1.82, 2.24) is 9.88 Å². The van der Waals surface area contributed by atoms with Gasteiger partial charge in [-0.2, -0.15) is 0 Å². The van der Waals surface area contributed by atoms with E-state index >= 15 is 0 Å². The first kappa shape index (κ1) is 17.4. The van der Waals surface area contributed by atoms with Gasteiger partial charge < -0.3 is 10.2 Å². The van der Waals surface area contributed by atoms with E-state index in [1.807, 2.05) is 13.0 Å². The Morgan fingerprint density at radius 1 is 1.08 bits per heavy atom. The number of anilines is 1. The number of aryl methyl sites for hydroxylation is 1. The van der Waals surface area contributed by atoms with Crippen molar-refractivity contribution in [3.63, 3.8) is 0 Å². The standard InChI is InChI=1S/C19H20ClN3O2/c1-13-8-9-14(12-15(13)20)21-18(24)16-6-5-7-17(22-16)19(25)23-10-3-2-4-11-23/h5-9,12H,2-4,10-11H2,1H3,(H,21,24). The van der Waals surface area contributed by atoms with Crippen molar-refractivity contribution in [3.05, 3.63) is 58.4 Å². The van der Waals surface area contributed by atoms with E-state index in [2.05, 4.69) is 10.3 Å². The number of nitrogens with zero attached hydrogens (tertiary/aromatic N) is 2. The van der Waals surface area contributed by atoms with Crippen LogP contribution in [-0.4, -0.2) is 34.8 Å². The van der Waals surface area contributed by atoms with Crippen LogP contribution in [0, 0.1) is 6.92 Å². The molecule has 1 aliphatic rings. The zero-order chi connectivity index (χ0) is 17.8. The van der Waals surface area contributed by atoms with Crippen LogP contribution in [0.3, 0.4) is 0 Å². The van der Waals surface area contributed by atoms with E-state index in [4.69, 9.17) is 11.6 Å². The Hall–Kier alpha value is -2.40. The first-order valence-corrected chi connectivity index (χ1v) is 8.76. The van der Waals surface area contributed by atoms with E-state index in [-0.39, 0.29) is 17.5 Å². The van der Waals surface area contributed by atoms with E-state index in [9.17, 15) is 9.59 Å². The molecule has 2 amide bonds. The fraction of sp³-hybridized carbons (Fsp3) is 0.316. The number of halogens is 1. The molecule has 1 fully saturated rings. The maximum atomic E-state index is 12.5. The number of nitrogens with one attached hydrogen (secondary N) is 1. The van der Waals surface area contributed by atoms with Crippen LogP contribution in [0.15, 0.2) is 36.4 Å². The van der Waals surface area contributed by atoms with Crippen LogP contribution in [0.4, 0.5) is 5.69 Å². The summed E-state index contributed by atoms with van der Waals surface area (Å²) in [5, 5.41) is 3.34. The minimum absolute atomic E-state index is 0.118. The Morgan fingerprint density at radius 3 is 2.52 bits per heavy atom. The first-order valence-electron chi connectivity index (χ1n) is 8.38. The van der Waals surface area contributed by atoms with Crippen molar-refractivity contribution in [2.75, 3.05) is 18.4 Å². The SMILES string of the molecule is Cc1ccc(NC(=O)c2cccc(C(=O)N3CCCCC3)n2)cc1Cl. The van der Waals surface area contributed by atoms with Gasteiger partial charge in [-0.3, -0.25) is 9.59 Å². The Kier molecular flexibility index (Phi) is 5.34. The van der Waals surface area contributed by atoms with Gasteiger partial charge in [0.1, 0.15) is 11.4 Å². The molecule has 0 radical (unpaired) electrons. The van der Waals surface area contributed by atoms with Crippen molar-refractivity contribution in [1.29, 1.82) is 0 Å². The fourth-order valence-electron chi connectivity index (χ4n) is 2.81. The molecule has 0 aliphatic carbocycles.